The summed E-state index contributed by atoms with van der Waals surface area (Å²) in [6.45, 7) is 6.33. The first-order valence-corrected chi connectivity index (χ1v) is 7.01. The van der Waals surface area contributed by atoms with E-state index in [-0.39, 0.29) is 30.3 Å². The Bertz CT molecular complexity index is 562. The number of hydrogen-bond donors (Lipinski definition) is 1. The smallest absolute Gasteiger partial charge is 0.319 e. The minimum Gasteiger partial charge on any atom is -0.331 e. The van der Waals surface area contributed by atoms with Crippen LogP contribution in [-0.4, -0.2) is 41.5 Å². The number of urea groups is 1. The van der Waals surface area contributed by atoms with Crippen molar-refractivity contribution in [1.82, 2.24) is 15.1 Å². The van der Waals surface area contributed by atoms with Gasteiger partial charge in [0.15, 0.2) is 0 Å². The second-order valence-electron chi connectivity index (χ2n) is 5.27. The van der Waals surface area contributed by atoms with Crippen LogP contribution in [0.2, 0.25) is 0 Å². The van der Waals surface area contributed by atoms with Crippen molar-refractivity contribution < 1.29 is 14.0 Å². The standard InChI is InChI=1S/C15H20FN3O2/c1-4-18-9-19(8-14(18)20)15(21)17-11(3)12-6-5-10(2)13(16)7-12/h5-7,11H,4,8-9H2,1-3H3,(H,17,21)/t11-/m1/s1. The highest BCUT2D eigenvalue weighted by Crippen LogP contribution is 2.17. The fourth-order valence-electron chi connectivity index (χ4n) is 2.25. The molecule has 21 heavy (non-hydrogen) atoms. The molecule has 1 N–H and O–H groups in total. The van der Waals surface area contributed by atoms with Gasteiger partial charge >= 0.3 is 6.03 Å². The van der Waals surface area contributed by atoms with Gasteiger partial charge in [0, 0.05) is 6.54 Å². The van der Waals surface area contributed by atoms with Gasteiger partial charge in [-0.3, -0.25) is 9.69 Å². The minimum absolute atomic E-state index is 0.0540. The van der Waals surface area contributed by atoms with Crippen molar-refractivity contribution in [1.29, 1.82) is 0 Å². The van der Waals surface area contributed by atoms with Crippen LogP contribution in [0.15, 0.2) is 18.2 Å². The lowest BCUT2D eigenvalue weighted by atomic mass is 10.1. The lowest BCUT2D eigenvalue weighted by Crippen LogP contribution is -2.40. The number of aryl methyl sites for hydroxylation is 1. The van der Waals surface area contributed by atoms with Crippen molar-refractivity contribution in [3.05, 3.63) is 35.1 Å². The van der Waals surface area contributed by atoms with Crippen molar-refractivity contribution in [3.63, 3.8) is 0 Å². The molecule has 0 bridgehead atoms. The highest BCUT2D eigenvalue weighted by atomic mass is 19.1. The second-order valence-corrected chi connectivity index (χ2v) is 5.27. The zero-order chi connectivity index (χ0) is 15.6. The summed E-state index contributed by atoms with van der Waals surface area (Å²) in [5.41, 5.74) is 1.27. The molecule has 1 aromatic carbocycles. The quantitative estimate of drug-likeness (QED) is 0.927. The Morgan fingerprint density at radius 2 is 2.19 bits per heavy atom. The number of halogens is 1. The van der Waals surface area contributed by atoms with E-state index in [0.29, 0.717) is 24.3 Å². The molecule has 0 saturated carbocycles. The SMILES string of the molecule is CCN1CN(C(=O)N[C@H](C)c2ccc(C)c(F)c2)CC1=O. The number of likely N-dealkylation sites (N-methyl/N-ethyl adjacent to an activating group) is 1. The van der Waals surface area contributed by atoms with Gasteiger partial charge in [-0.05, 0) is 38.0 Å². The van der Waals surface area contributed by atoms with Gasteiger partial charge in [-0.25, -0.2) is 9.18 Å². The molecule has 1 aliphatic rings. The average Bonchev–Trinajstić information content (AvgIpc) is 2.83. The predicted molar refractivity (Wildman–Crippen MR) is 77.0 cm³/mol. The number of hydrogen-bond acceptors (Lipinski definition) is 2. The summed E-state index contributed by atoms with van der Waals surface area (Å²) in [4.78, 5) is 26.8. The number of amides is 3. The molecule has 3 amide bonds. The molecule has 0 spiro atoms. The van der Waals surface area contributed by atoms with Crippen LogP contribution in [0.1, 0.15) is 31.0 Å². The molecule has 1 fully saturated rings. The molecule has 0 radical (unpaired) electrons. The van der Waals surface area contributed by atoms with Crippen molar-refractivity contribution in [2.75, 3.05) is 19.8 Å². The topological polar surface area (TPSA) is 52.6 Å². The van der Waals surface area contributed by atoms with Crippen molar-refractivity contribution in [2.45, 2.75) is 26.8 Å². The van der Waals surface area contributed by atoms with Crippen molar-refractivity contribution in [2.24, 2.45) is 0 Å². The van der Waals surface area contributed by atoms with Crippen molar-refractivity contribution >= 4 is 11.9 Å². The molecule has 5 nitrogen and oxygen atoms in total. The number of rotatable bonds is 3. The normalized spacial score (nSPS) is 16.3. The third-order valence-corrected chi connectivity index (χ3v) is 3.73. The Morgan fingerprint density at radius 1 is 1.48 bits per heavy atom. The number of carbonyl (C=O) groups excluding carboxylic acids is 2. The molecule has 1 heterocycles. The van der Waals surface area contributed by atoms with E-state index in [1.165, 1.54) is 11.0 Å². The number of nitrogens with one attached hydrogen (secondary N) is 1. The Morgan fingerprint density at radius 3 is 2.76 bits per heavy atom. The van der Waals surface area contributed by atoms with Crippen LogP contribution in [0.3, 0.4) is 0 Å². The molecule has 1 aromatic rings. The molecule has 114 valence electrons. The third kappa shape index (κ3) is 3.32. The highest BCUT2D eigenvalue weighted by Gasteiger charge is 2.30. The summed E-state index contributed by atoms with van der Waals surface area (Å²) < 4.78 is 13.6. The van der Waals surface area contributed by atoms with E-state index in [2.05, 4.69) is 5.32 Å². The van der Waals surface area contributed by atoms with Crippen molar-refractivity contribution in [3.8, 4) is 0 Å². The predicted octanol–water partition coefficient (Wildman–Crippen LogP) is 2.03. The molecule has 0 unspecified atom stereocenters. The monoisotopic (exact) mass is 293 g/mol. The van der Waals surface area contributed by atoms with Crippen LogP contribution in [-0.2, 0) is 4.79 Å². The van der Waals surface area contributed by atoms with E-state index in [9.17, 15) is 14.0 Å². The lowest BCUT2D eigenvalue weighted by Gasteiger charge is -2.21. The van der Waals surface area contributed by atoms with Crippen LogP contribution in [0.5, 0.6) is 0 Å². The van der Waals surface area contributed by atoms with Gasteiger partial charge in [-0.2, -0.15) is 0 Å². The summed E-state index contributed by atoms with van der Waals surface area (Å²) in [6.07, 6.45) is 0. The van der Waals surface area contributed by atoms with Crippen LogP contribution in [0, 0.1) is 12.7 Å². The lowest BCUT2D eigenvalue weighted by molar-refractivity contribution is -0.126. The van der Waals surface area contributed by atoms with E-state index in [1.807, 2.05) is 6.92 Å². The van der Waals surface area contributed by atoms with E-state index in [1.54, 1.807) is 30.9 Å². The fourth-order valence-corrected chi connectivity index (χ4v) is 2.25. The maximum atomic E-state index is 13.6. The van der Waals surface area contributed by atoms with Gasteiger partial charge in [-0.1, -0.05) is 12.1 Å². The zero-order valence-corrected chi connectivity index (χ0v) is 12.5. The summed E-state index contributed by atoms with van der Waals surface area (Å²) in [5, 5.41) is 2.79. The average molecular weight is 293 g/mol. The zero-order valence-electron chi connectivity index (χ0n) is 12.5. The first-order valence-electron chi connectivity index (χ1n) is 7.01. The summed E-state index contributed by atoms with van der Waals surface area (Å²) >= 11 is 0. The van der Waals surface area contributed by atoms with Gasteiger partial charge < -0.3 is 10.2 Å². The minimum atomic E-state index is -0.321. The molecule has 1 atom stereocenters. The summed E-state index contributed by atoms with van der Waals surface area (Å²) in [7, 11) is 0. The Hall–Kier alpha value is -2.11. The molecule has 2 rings (SSSR count). The first kappa shape index (κ1) is 15.3. The number of benzene rings is 1. The largest absolute Gasteiger partial charge is 0.331 e. The molecular weight excluding hydrogens is 273 g/mol. The molecular formula is C15H20FN3O2. The molecule has 0 aromatic heterocycles. The third-order valence-electron chi connectivity index (χ3n) is 3.73. The highest BCUT2D eigenvalue weighted by molar-refractivity contribution is 5.87. The van der Waals surface area contributed by atoms with E-state index in [0.717, 1.165) is 0 Å². The summed E-state index contributed by atoms with van der Waals surface area (Å²) in [6, 6.07) is 4.27. The Labute approximate surface area is 123 Å². The molecule has 0 aliphatic carbocycles. The van der Waals surface area contributed by atoms with Gasteiger partial charge in [0.05, 0.1) is 12.7 Å². The first-order chi connectivity index (χ1) is 9.92. The van der Waals surface area contributed by atoms with E-state index in [4.69, 9.17) is 0 Å². The van der Waals surface area contributed by atoms with Gasteiger partial charge in [-0.15, -0.1) is 0 Å². The van der Waals surface area contributed by atoms with Crippen LogP contribution < -0.4 is 5.32 Å². The Kier molecular flexibility index (Phi) is 4.45. The van der Waals surface area contributed by atoms with E-state index >= 15 is 0 Å². The van der Waals surface area contributed by atoms with Gasteiger partial charge in [0.25, 0.3) is 0 Å². The maximum Gasteiger partial charge on any atom is 0.319 e. The second kappa shape index (κ2) is 6.11. The van der Waals surface area contributed by atoms with Gasteiger partial charge in [0.2, 0.25) is 5.91 Å². The summed E-state index contributed by atoms with van der Waals surface area (Å²) in [5.74, 6) is -0.344. The van der Waals surface area contributed by atoms with Crippen LogP contribution in [0.4, 0.5) is 9.18 Å². The molecule has 1 aliphatic heterocycles. The number of nitrogens with zero attached hydrogens (tertiary/aromatic N) is 2. The van der Waals surface area contributed by atoms with E-state index < -0.39 is 0 Å². The molecule has 6 heteroatoms. The fraction of sp³-hybridized carbons (Fsp3) is 0.467. The molecule has 1 saturated heterocycles. The van der Waals surface area contributed by atoms with Gasteiger partial charge in [0.1, 0.15) is 12.4 Å². The van der Waals surface area contributed by atoms with Crippen LogP contribution >= 0.6 is 0 Å². The van der Waals surface area contributed by atoms with Crippen LogP contribution in [0.25, 0.3) is 0 Å². The maximum absolute atomic E-state index is 13.6. The Balaban J connectivity index is 1.99. The number of carbonyl (C=O) groups is 2.